The van der Waals surface area contributed by atoms with E-state index >= 15 is 0 Å². The van der Waals surface area contributed by atoms with Crippen LogP contribution in [-0.4, -0.2) is 45.3 Å². The molecular weight excluding hydrogens is 318 g/mol. The Bertz CT molecular complexity index is 741. The number of aromatic amines is 1. The minimum Gasteiger partial charge on any atom is -0.444 e. The van der Waals surface area contributed by atoms with E-state index in [4.69, 9.17) is 4.74 Å². The first-order chi connectivity index (χ1) is 11.8. The van der Waals surface area contributed by atoms with Gasteiger partial charge in [0.05, 0.1) is 5.39 Å². The molecule has 3 rings (SSSR count). The molecule has 0 atom stereocenters. The molecule has 25 heavy (non-hydrogen) atoms. The lowest BCUT2D eigenvalue weighted by molar-refractivity contribution is 0.0436. The van der Waals surface area contributed by atoms with Gasteiger partial charge in [-0.3, -0.25) is 0 Å². The molecule has 2 N–H and O–H groups in total. The molecule has 1 saturated heterocycles. The van der Waals surface area contributed by atoms with E-state index in [9.17, 15) is 4.79 Å². The van der Waals surface area contributed by atoms with E-state index in [0.29, 0.717) is 6.42 Å². The van der Waals surface area contributed by atoms with Crippen molar-refractivity contribution in [2.45, 2.75) is 51.2 Å². The van der Waals surface area contributed by atoms with Crippen LogP contribution >= 0.6 is 0 Å². The van der Waals surface area contributed by atoms with Gasteiger partial charge in [0.25, 0.3) is 0 Å². The van der Waals surface area contributed by atoms with Gasteiger partial charge in [-0.2, -0.15) is 0 Å². The van der Waals surface area contributed by atoms with Gasteiger partial charge < -0.3 is 19.9 Å². The summed E-state index contributed by atoms with van der Waals surface area (Å²) in [7, 11) is 0. The highest BCUT2D eigenvalue weighted by molar-refractivity contribution is 5.87. The lowest BCUT2D eigenvalue weighted by Crippen LogP contribution is -2.56. The molecule has 1 fully saturated rings. The summed E-state index contributed by atoms with van der Waals surface area (Å²) in [5, 5.41) is 4.07. The van der Waals surface area contributed by atoms with E-state index in [1.54, 1.807) is 6.33 Å². The first kappa shape index (κ1) is 17.5. The molecule has 0 unspecified atom stereocenters. The van der Waals surface area contributed by atoms with Crippen LogP contribution in [0.5, 0.6) is 0 Å². The zero-order valence-electron chi connectivity index (χ0n) is 15.1. The number of hydrogen-bond donors (Lipinski definition) is 2. The highest BCUT2D eigenvalue weighted by Gasteiger charge is 2.36. The molecule has 1 aliphatic rings. The normalized spacial score (nSPS) is 17.5. The van der Waals surface area contributed by atoms with Crippen molar-refractivity contribution in [3.8, 4) is 0 Å². The van der Waals surface area contributed by atoms with Gasteiger partial charge in [-0.15, -0.1) is 0 Å². The number of rotatable bonds is 3. The van der Waals surface area contributed by atoms with Crippen LogP contribution in [0.3, 0.4) is 0 Å². The number of carbonyl (C=O) groups is 1. The van der Waals surface area contributed by atoms with Crippen molar-refractivity contribution in [1.29, 1.82) is 0 Å². The number of anilines is 1. The SMILES string of the molecule is [CH2]CC1(NC(=O)OC(C)(C)C)CCN(c2ncnc3[nH]ccc23)CC1. The van der Waals surface area contributed by atoms with Gasteiger partial charge in [0.1, 0.15) is 23.4 Å². The van der Waals surface area contributed by atoms with Crippen LogP contribution in [0.2, 0.25) is 0 Å². The van der Waals surface area contributed by atoms with E-state index in [-0.39, 0.29) is 11.6 Å². The Hall–Kier alpha value is -2.31. The molecular formula is C18H26N5O2. The van der Waals surface area contributed by atoms with Gasteiger partial charge in [0.15, 0.2) is 0 Å². The van der Waals surface area contributed by atoms with Crippen molar-refractivity contribution in [3.05, 3.63) is 25.5 Å². The molecule has 2 aromatic rings. The second-order valence-corrected chi connectivity index (χ2v) is 7.58. The number of fused-ring (bicyclic) bond motifs is 1. The summed E-state index contributed by atoms with van der Waals surface area (Å²) in [4.78, 5) is 26.2. The van der Waals surface area contributed by atoms with Gasteiger partial charge in [-0.05, 0) is 46.1 Å². The monoisotopic (exact) mass is 344 g/mol. The summed E-state index contributed by atoms with van der Waals surface area (Å²) in [6.07, 6.45) is 5.30. The van der Waals surface area contributed by atoms with E-state index in [2.05, 4.69) is 32.1 Å². The minimum atomic E-state index is -0.506. The largest absolute Gasteiger partial charge is 0.444 e. The number of piperidine rings is 1. The number of amides is 1. The molecule has 1 amide bonds. The smallest absolute Gasteiger partial charge is 0.408 e. The third kappa shape index (κ3) is 3.86. The first-order valence-electron chi connectivity index (χ1n) is 8.65. The van der Waals surface area contributed by atoms with Crippen molar-refractivity contribution in [1.82, 2.24) is 20.3 Å². The molecule has 3 heterocycles. The van der Waals surface area contributed by atoms with Crippen molar-refractivity contribution in [2.24, 2.45) is 0 Å². The summed E-state index contributed by atoms with van der Waals surface area (Å²) < 4.78 is 5.41. The first-order valence-corrected chi connectivity index (χ1v) is 8.65. The van der Waals surface area contributed by atoms with Gasteiger partial charge in [0, 0.05) is 24.8 Å². The lowest BCUT2D eigenvalue weighted by Gasteiger charge is -2.42. The second-order valence-electron chi connectivity index (χ2n) is 7.58. The molecule has 0 aromatic carbocycles. The molecule has 1 radical (unpaired) electrons. The van der Waals surface area contributed by atoms with Crippen LogP contribution in [0.15, 0.2) is 18.6 Å². The van der Waals surface area contributed by atoms with Crippen LogP contribution in [0.25, 0.3) is 11.0 Å². The number of carbonyl (C=O) groups excluding carboxylic acids is 1. The Morgan fingerprint density at radius 1 is 1.40 bits per heavy atom. The molecule has 2 aromatic heterocycles. The zero-order chi connectivity index (χ0) is 18.1. The van der Waals surface area contributed by atoms with Gasteiger partial charge in [-0.1, -0.05) is 6.92 Å². The van der Waals surface area contributed by atoms with E-state index in [1.807, 2.05) is 33.0 Å². The van der Waals surface area contributed by atoms with Crippen molar-refractivity contribution < 1.29 is 9.53 Å². The number of ether oxygens (including phenoxy) is 1. The van der Waals surface area contributed by atoms with Crippen LogP contribution in [0.4, 0.5) is 10.6 Å². The minimum absolute atomic E-state index is 0.330. The average molecular weight is 344 g/mol. The lowest BCUT2D eigenvalue weighted by atomic mass is 9.85. The second kappa shape index (κ2) is 6.54. The van der Waals surface area contributed by atoms with Crippen LogP contribution < -0.4 is 10.2 Å². The number of nitrogens with zero attached hydrogens (tertiary/aromatic N) is 3. The van der Waals surface area contributed by atoms with Crippen molar-refractivity contribution in [3.63, 3.8) is 0 Å². The van der Waals surface area contributed by atoms with Crippen LogP contribution in [-0.2, 0) is 4.74 Å². The van der Waals surface area contributed by atoms with Crippen molar-refractivity contribution >= 4 is 22.9 Å². The average Bonchev–Trinajstić information content (AvgIpc) is 3.02. The number of hydrogen-bond acceptors (Lipinski definition) is 5. The fourth-order valence-electron chi connectivity index (χ4n) is 3.21. The van der Waals surface area contributed by atoms with E-state index in [0.717, 1.165) is 42.8 Å². The molecule has 0 spiro atoms. The molecule has 0 saturated carbocycles. The predicted molar refractivity (Wildman–Crippen MR) is 97.4 cm³/mol. The highest BCUT2D eigenvalue weighted by Crippen LogP contribution is 2.31. The van der Waals surface area contributed by atoms with E-state index in [1.165, 1.54) is 0 Å². The Morgan fingerprint density at radius 3 is 2.76 bits per heavy atom. The summed E-state index contributed by atoms with van der Waals surface area (Å²) in [5.41, 5.74) is 0.00258. The zero-order valence-corrected chi connectivity index (χ0v) is 15.1. The summed E-state index contributed by atoms with van der Waals surface area (Å²) in [6.45, 7) is 11.2. The van der Waals surface area contributed by atoms with Gasteiger partial charge in [-0.25, -0.2) is 14.8 Å². The third-order valence-electron chi connectivity index (χ3n) is 4.60. The third-order valence-corrected chi connectivity index (χ3v) is 4.60. The maximum atomic E-state index is 12.2. The molecule has 7 nitrogen and oxygen atoms in total. The van der Waals surface area contributed by atoms with E-state index < -0.39 is 5.60 Å². The molecule has 1 aliphatic heterocycles. The molecule has 135 valence electrons. The fourth-order valence-corrected chi connectivity index (χ4v) is 3.21. The summed E-state index contributed by atoms with van der Waals surface area (Å²) in [5.74, 6) is 0.932. The summed E-state index contributed by atoms with van der Waals surface area (Å²) in [6, 6.07) is 1.99. The Balaban J connectivity index is 1.69. The Labute approximate surface area is 148 Å². The fraction of sp³-hybridized carbons (Fsp3) is 0.556. The molecule has 0 aliphatic carbocycles. The number of H-pyrrole nitrogens is 1. The topological polar surface area (TPSA) is 83.1 Å². The standard InChI is InChI=1S/C18H26N5O2/c1-5-18(22-16(24)25-17(2,3)4)7-10-23(11-8-18)15-13-6-9-19-14(13)20-12-21-15/h6,9,12H,1,5,7-8,10-11H2,2-4H3,(H,22,24)(H,19,20,21). The number of aromatic nitrogens is 3. The quantitative estimate of drug-likeness (QED) is 0.894. The van der Waals surface area contributed by atoms with Crippen LogP contribution in [0.1, 0.15) is 40.0 Å². The Morgan fingerprint density at radius 2 is 2.12 bits per heavy atom. The Kier molecular flexibility index (Phi) is 4.58. The molecule has 0 bridgehead atoms. The number of alkyl carbamates (subject to hydrolysis) is 1. The molecule has 7 heteroatoms. The summed E-state index contributed by atoms with van der Waals surface area (Å²) >= 11 is 0. The van der Waals surface area contributed by atoms with Crippen molar-refractivity contribution in [2.75, 3.05) is 18.0 Å². The number of nitrogens with one attached hydrogen (secondary N) is 2. The van der Waals surface area contributed by atoms with Crippen LogP contribution in [0, 0.1) is 6.92 Å². The van der Waals surface area contributed by atoms with Gasteiger partial charge in [0.2, 0.25) is 0 Å². The predicted octanol–water partition coefficient (Wildman–Crippen LogP) is 3.05. The van der Waals surface area contributed by atoms with Gasteiger partial charge >= 0.3 is 6.09 Å². The maximum absolute atomic E-state index is 12.2. The maximum Gasteiger partial charge on any atom is 0.408 e. The highest BCUT2D eigenvalue weighted by atomic mass is 16.6.